The van der Waals surface area contributed by atoms with E-state index < -0.39 is 0 Å². The second kappa shape index (κ2) is 6.84. The number of urea groups is 1. The van der Waals surface area contributed by atoms with Gasteiger partial charge in [-0.05, 0) is 37.7 Å². The van der Waals surface area contributed by atoms with Gasteiger partial charge in [0.25, 0.3) is 0 Å². The minimum Gasteiger partial charge on any atom is -0.324 e. The second-order valence-corrected chi connectivity index (χ2v) is 5.84. The highest BCUT2D eigenvalue weighted by molar-refractivity contribution is 7.98. The van der Waals surface area contributed by atoms with Crippen LogP contribution in [0.5, 0.6) is 0 Å². The van der Waals surface area contributed by atoms with E-state index in [1.165, 1.54) is 6.42 Å². The molecule has 1 saturated heterocycles. The molecule has 19 heavy (non-hydrogen) atoms. The Kier molecular flexibility index (Phi) is 5.13. The summed E-state index contributed by atoms with van der Waals surface area (Å²) in [7, 11) is 0. The highest BCUT2D eigenvalue weighted by Gasteiger charge is 2.23. The normalized spacial score (nSPS) is 19.5. The molecular formula is C13H22N4OS. The smallest absolute Gasteiger partial charge is 0.321 e. The molecule has 106 valence electrons. The van der Waals surface area contributed by atoms with Crippen LogP contribution in [0.4, 0.5) is 10.5 Å². The number of thioether (sulfide) groups is 1. The molecule has 0 aliphatic carbocycles. The Balaban J connectivity index is 1.88. The first-order valence-electron chi connectivity index (χ1n) is 6.80. The van der Waals surface area contributed by atoms with Gasteiger partial charge in [0.05, 0.1) is 11.9 Å². The molecule has 0 radical (unpaired) electrons. The van der Waals surface area contributed by atoms with Crippen LogP contribution in [0.2, 0.25) is 0 Å². The fraction of sp³-hybridized carbons (Fsp3) is 0.692. The molecule has 0 saturated carbocycles. The Bertz CT molecular complexity index is 419. The summed E-state index contributed by atoms with van der Waals surface area (Å²) in [6.45, 7) is 4.57. The lowest BCUT2D eigenvalue weighted by Crippen LogP contribution is -2.42. The van der Waals surface area contributed by atoms with Crippen LogP contribution >= 0.6 is 11.8 Å². The number of likely N-dealkylation sites (tertiary alicyclic amines) is 1. The number of anilines is 1. The van der Waals surface area contributed by atoms with Crippen molar-refractivity contribution >= 4 is 23.5 Å². The lowest BCUT2D eigenvalue weighted by atomic mass is 10.0. The summed E-state index contributed by atoms with van der Waals surface area (Å²) in [6.07, 6.45) is 8.02. The van der Waals surface area contributed by atoms with Crippen molar-refractivity contribution in [2.24, 2.45) is 5.92 Å². The monoisotopic (exact) mass is 282 g/mol. The van der Waals surface area contributed by atoms with Gasteiger partial charge in [0.15, 0.2) is 0 Å². The summed E-state index contributed by atoms with van der Waals surface area (Å²) < 4.78 is 1.81. The predicted molar refractivity (Wildman–Crippen MR) is 79.6 cm³/mol. The summed E-state index contributed by atoms with van der Waals surface area (Å²) in [5.74, 6) is 1.77. The zero-order valence-corrected chi connectivity index (χ0v) is 12.4. The van der Waals surface area contributed by atoms with Gasteiger partial charge in [-0.3, -0.25) is 4.68 Å². The van der Waals surface area contributed by atoms with Gasteiger partial charge in [-0.1, -0.05) is 0 Å². The molecule has 0 aromatic carbocycles. The fourth-order valence-corrected chi connectivity index (χ4v) is 3.17. The SMILES string of the molecule is CCn1cc(NC(=O)N2CCC[C@H](CSC)C2)cn1. The van der Waals surface area contributed by atoms with Crippen molar-refractivity contribution < 1.29 is 4.79 Å². The minimum absolute atomic E-state index is 0.00135. The van der Waals surface area contributed by atoms with E-state index in [1.807, 2.05) is 34.5 Å². The molecule has 2 amide bonds. The summed E-state index contributed by atoms with van der Waals surface area (Å²) in [5.41, 5.74) is 0.777. The Morgan fingerprint density at radius 1 is 1.63 bits per heavy atom. The number of rotatable bonds is 4. The van der Waals surface area contributed by atoms with E-state index in [0.29, 0.717) is 5.92 Å². The molecule has 1 atom stereocenters. The van der Waals surface area contributed by atoms with Crippen LogP contribution in [0.3, 0.4) is 0 Å². The molecule has 1 fully saturated rings. The molecule has 2 heterocycles. The number of amides is 2. The summed E-state index contributed by atoms with van der Waals surface area (Å²) in [5, 5.41) is 7.08. The van der Waals surface area contributed by atoms with Crippen LogP contribution in [0, 0.1) is 5.92 Å². The fourth-order valence-electron chi connectivity index (χ4n) is 2.42. The number of nitrogens with zero attached hydrogens (tertiary/aromatic N) is 3. The molecule has 1 aliphatic rings. The van der Waals surface area contributed by atoms with Crippen LogP contribution in [-0.2, 0) is 6.54 Å². The maximum Gasteiger partial charge on any atom is 0.321 e. The molecule has 6 heteroatoms. The van der Waals surface area contributed by atoms with Crippen molar-refractivity contribution in [3.8, 4) is 0 Å². The number of carbonyl (C=O) groups is 1. The average Bonchev–Trinajstić information content (AvgIpc) is 2.87. The van der Waals surface area contributed by atoms with Crippen molar-refractivity contribution in [1.82, 2.24) is 14.7 Å². The van der Waals surface area contributed by atoms with Crippen molar-refractivity contribution in [3.05, 3.63) is 12.4 Å². The van der Waals surface area contributed by atoms with Gasteiger partial charge in [0, 0.05) is 25.8 Å². The van der Waals surface area contributed by atoms with E-state index >= 15 is 0 Å². The first-order chi connectivity index (χ1) is 9.22. The standard InChI is InChI=1S/C13H22N4OS/c1-3-17-9-12(7-14-17)15-13(18)16-6-4-5-11(8-16)10-19-2/h7,9,11H,3-6,8,10H2,1-2H3,(H,15,18)/t11-/m0/s1. The second-order valence-electron chi connectivity index (χ2n) is 4.92. The largest absolute Gasteiger partial charge is 0.324 e. The van der Waals surface area contributed by atoms with E-state index in [9.17, 15) is 4.79 Å². The van der Waals surface area contributed by atoms with Crippen LogP contribution in [0.15, 0.2) is 12.4 Å². The number of nitrogens with one attached hydrogen (secondary N) is 1. The van der Waals surface area contributed by atoms with E-state index in [-0.39, 0.29) is 6.03 Å². The topological polar surface area (TPSA) is 50.2 Å². The van der Waals surface area contributed by atoms with Crippen LogP contribution in [0.1, 0.15) is 19.8 Å². The quantitative estimate of drug-likeness (QED) is 0.923. The molecular weight excluding hydrogens is 260 g/mol. The number of aromatic nitrogens is 2. The Hall–Kier alpha value is -1.17. The molecule has 1 aromatic heterocycles. The third-order valence-electron chi connectivity index (χ3n) is 3.42. The van der Waals surface area contributed by atoms with Gasteiger partial charge < -0.3 is 10.2 Å². The third-order valence-corrected chi connectivity index (χ3v) is 4.22. The predicted octanol–water partition coefficient (Wildman–Crippen LogP) is 2.51. The van der Waals surface area contributed by atoms with E-state index in [0.717, 1.165) is 37.5 Å². The number of aryl methyl sites for hydroxylation is 1. The number of hydrogen-bond acceptors (Lipinski definition) is 3. The molecule has 0 unspecified atom stereocenters. The highest BCUT2D eigenvalue weighted by Crippen LogP contribution is 2.20. The zero-order chi connectivity index (χ0) is 13.7. The third kappa shape index (κ3) is 3.89. The maximum atomic E-state index is 12.2. The molecule has 1 aliphatic heterocycles. The van der Waals surface area contributed by atoms with Gasteiger partial charge in [0.1, 0.15) is 0 Å². The molecule has 2 rings (SSSR count). The average molecular weight is 282 g/mol. The first-order valence-corrected chi connectivity index (χ1v) is 8.19. The number of carbonyl (C=O) groups excluding carboxylic acids is 1. The number of piperidine rings is 1. The lowest BCUT2D eigenvalue weighted by molar-refractivity contribution is 0.183. The summed E-state index contributed by atoms with van der Waals surface area (Å²) in [4.78, 5) is 14.1. The van der Waals surface area contributed by atoms with Crippen molar-refractivity contribution in [2.45, 2.75) is 26.3 Å². The van der Waals surface area contributed by atoms with E-state index in [1.54, 1.807) is 6.20 Å². The minimum atomic E-state index is 0.00135. The van der Waals surface area contributed by atoms with Crippen LogP contribution < -0.4 is 5.32 Å². The molecule has 0 spiro atoms. The maximum absolute atomic E-state index is 12.2. The Morgan fingerprint density at radius 2 is 2.47 bits per heavy atom. The molecule has 0 bridgehead atoms. The Labute approximate surface area is 118 Å². The van der Waals surface area contributed by atoms with Crippen molar-refractivity contribution in [2.75, 3.05) is 30.4 Å². The van der Waals surface area contributed by atoms with Gasteiger partial charge in [0.2, 0.25) is 0 Å². The molecule has 5 nitrogen and oxygen atoms in total. The molecule has 1 N–H and O–H groups in total. The van der Waals surface area contributed by atoms with Crippen molar-refractivity contribution in [1.29, 1.82) is 0 Å². The van der Waals surface area contributed by atoms with Gasteiger partial charge in [-0.2, -0.15) is 16.9 Å². The van der Waals surface area contributed by atoms with Crippen LogP contribution in [0.25, 0.3) is 0 Å². The van der Waals surface area contributed by atoms with Gasteiger partial charge >= 0.3 is 6.03 Å². The van der Waals surface area contributed by atoms with Gasteiger partial charge in [-0.25, -0.2) is 4.79 Å². The Morgan fingerprint density at radius 3 is 3.16 bits per heavy atom. The van der Waals surface area contributed by atoms with Crippen molar-refractivity contribution in [3.63, 3.8) is 0 Å². The zero-order valence-electron chi connectivity index (χ0n) is 11.6. The van der Waals surface area contributed by atoms with E-state index in [4.69, 9.17) is 0 Å². The number of hydrogen-bond donors (Lipinski definition) is 1. The van der Waals surface area contributed by atoms with Gasteiger partial charge in [-0.15, -0.1) is 0 Å². The van der Waals surface area contributed by atoms with Crippen LogP contribution in [-0.4, -0.2) is 45.8 Å². The highest BCUT2D eigenvalue weighted by atomic mass is 32.2. The first kappa shape index (κ1) is 14.2. The summed E-state index contributed by atoms with van der Waals surface area (Å²) >= 11 is 1.86. The summed E-state index contributed by atoms with van der Waals surface area (Å²) in [6, 6.07) is 0.00135. The van der Waals surface area contributed by atoms with E-state index in [2.05, 4.69) is 16.7 Å². The lowest BCUT2D eigenvalue weighted by Gasteiger charge is -2.32. The molecule has 1 aromatic rings.